The Morgan fingerprint density at radius 2 is 2.13 bits per heavy atom. The lowest BCUT2D eigenvalue weighted by atomic mass is 9.97. The third-order valence-corrected chi connectivity index (χ3v) is 4.26. The van der Waals surface area contributed by atoms with Gasteiger partial charge in [0.2, 0.25) is 0 Å². The smallest absolute Gasteiger partial charge is 0.0931 e. The van der Waals surface area contributed by atoms with Gasteiger partial charge < -0.3 is 5.73 Å². The van der Waals surface area contributed by atoms with E-state index in [-0.39, 0.29) is 0 Å². The fourth-order valence-corrected chi connectivity index (χ4v) is 3.17. The van der Waals surface area contributed by atoms with E-state index in [4.69, 9.17) is 17.3 Å². The molecule has 4 heteroatoms. The molecule has 0 saturated carbocycles. The van der Waals surface area contributed by atoms with Crippen LogP contribution in [0, 0.1) is 5.92 Å². The van der Waals surface area contributed by atoms with Crippen LogP contribution < -0.4 is 5.73 Å². The molecule has 0 spiro atoms. The van der Waals surface area contributed by atoms with Crippen LogP contribution in [0.3, 0.4) is 0 Å². The highest BCUT2D eigenvalue weighted by molar-refractivity contribution is 7.16. The summed E-state index contributed by atoms with van der Waals surface area (Å²) in [6.07, 6.45) is 2.49. The van der Waals surface area contributed by atoms with E-state index in [0.29, 0.717) is 0 Å². The molecule has 1 saturated heterocycles. The first-order chi connectivity index (χ1) is 7.28. The molecule has 2 nitrogen and oxygen atoms in total. The Balaban J connectivity index is 1.82. The number of nitrogens with two attached hydrogens (primary N) is 1. The van der Waals surface area contributed by atoms with Crippen LogP contribution in [0.15, 0.2) is 12.1 Å². The summed E-state index contributed by atoms with van der Waals surface area (Å²) in [7, 11) is 0. The number of thiophene rings is 1. The van der Waals surface area contributed by atoms with E-state index in [1.54, 1.807) is 11.3 Å². The van der Waals surface area contributed by atoms with Gasteiger partial charge in [-0.1, -0.05) is 11.6 Å². The minimum absolute atomic E-state index is 0.744. The van der Waals surface area contributed by atoms with E-state index in [9.17, 15) is 0 Å². The van der Waals surface area contributed by atoms with Gasteiger partial charge in [-0.15, -0.1) is 11.3 Å². The molecule has 1 aliphatic rings. The third kappa shape index (κ3) is 3.18. The van der Waals surface area contributed by atoms with Gasteiger partial charge in [0.25, 0.3) is 0 Å². The van der Waals surface area contributed by atoms with Crippen LogP contribution in [0.25, 0.3) is 0 Å². The van der Waals surface area contributed by atoms with E-state index in [2.05, 4.69) is 11.0 Å². The van der Waals surface area contributed by atoms with Crippen LogP contribution in [-0.2, 0) is 6.54 Å². The van der Waals surface area contributed by atoms with Gasteiger partial charge in [-0.3, -0.25) is 4.90 Å². The molecule has 0 atom stereocenters. The first-order valence-electron chi connectivity index (χ1n) is 5.44. The molecular weight excluding hydrogens is 228 g/mol. The zero-order valence-corrected chi connectivity index (χ0v) is 10.4. The lowest BCUT2D eigenvalue weighted by Gasteiger charge is -2.30. The van der Waals surface area contributed by atoms with Crippen molar-refractivity contribution in [3.05, 3.63) is 21.3 Å². The molecule has 1 aromatic rings. The van der Waals surface area contributed by atoms with Crippen LogP contribution >= 0.6 is 22.9 Å². The van der Waals surface area contributed by atoms with E-state index in [0.717, 1.165) is 23.3 Å². The Bertz CT molecular complexity index is 305. The minimum atomic E-state index is 0.744. The van der Waals surface area contributed by atoms with E-state index in [1.807, 2.05) is 6.07 Å². The SMILES string of the molecule is NCC1CCN(Cc2ccc(Cl)s2)CC1. The van der Waals surface area contributed by atoms with E-state index < -0.39 is 0 Å². The van der Waals surface area contributed by atoms with Gasteiger partial charge in [0.15, 0.2) is 0 Å². The number of hydrogen-bond acceptors (Lipinski definition) is 3. The van der Waals surface area contributed by atoms with Crippen LogP contribution in [0.2, 0.25) is 4.34 Å². The van der Waals surface area contributed by atoms with Gasteiger partial charge in [-0.05, 0) is 50.5 Å². The summed E-state index contributed by atoms with van der Waals surface area (Å²) >= 11 is 7.59. The molecule has 0 aromatic carbocycles. The Morgan fingerprint density at radius 3 is 2.67 bits per heavy atom. The molecule has 2 N–H and O–H groups in total. The molecule has 2 heterocycles. The quantitative estimate of drug-likeness (QED) is 0.886. The zero-order valence-electron chi connectivity index (χ0n) is 8.79. The number of piperidine rings is 1. The Labute approximate surface area is 100 Å². The van der Waals surface area contributed by atoms with E-state index in [1.165, 1.54) is 30.8 Å². The minimum Gasteiger partial charge on any atom is -0.330 e. The molecule has 0 radical (unpaired) electrons. The topological polar surface area (TPSA) is 29.3 Å². The second kappa shape index (κ2) is 5.30. The predicted molar refractivity (Wildman–Crippen MR) is 66.4 cm³/mol. The Kier molecular flexibility index (Phi) is 4.03. The highest BCUT2D eigenvalue weighted by atomic mass is 35.5. The third-order valence-electron chi connectivity index (χ3n) is 3.05. The van der Waals surface area contributed by atoms with Crippen molar-refractivity contribution in [1.82, 2.24) is 4.90 Å². The van der Waals surface area contributed by atoms with Crippen molar-refractivity contribution >= 4 is 22.9 Å². The zero-order chi connectivity index (χ0) is 10.7. The lowest BCUT2D eigenvalue weighted by Crippen LogP contribution is -2.35. The molecule has 15 heavy (non-hydrogen) atoms. The highest BCUT2D eigenvalue weighted by Crippen LogP contribution is 2.24. The average molecular weight is 245 g/mol. The van der Waals surface area contributed by atoms with E-state index >= 15 is 0 Å². The molecule has 84 valence electrons. The highest BCUT2D eigenvalue weighted by Gasteiger charge is 2.18. The number of halogens is 1. The lowest BCUT2D eigenvalue weighted by molar-refractivity contribution is 0.182. The largest absolute Gasteiger partial charge is 0.330 e. The Hall–Kier alpha value is -0.0900. The van der Waals surface area contributed by atoms with Crippen LogP contribution in [0.5, 0.6) is 0 Å². The van der Waals surface area contributed by atoms with Gasteiger partial charge in [0.1, 0.15) is 0 Å². The Morgan fingerprint density at radius 1 is 1.40 bits per heavy atom. The van der Waals surface area contributed by atoms with Crippen molar-refractivity contribution in [2.75, 3.05) is 19.6 Å². The first kappa shape index (κ1) is 11.4. The average Bonchev–Trinajstić information content (AvgIpc) is 2.65. The van der Waals surface area contributed by atoms with Crippen molar-refractivity contribution in [1.29, 1.82) is 0 Å². The number of rotatable bonds is 3. The van der Waals surface area contributed by atoms with Gasteiger partial charge in [0, 0.05) is 11.4 Å². The predicted octanol–water partition coefficient (Wildman–Crippen LogP) is 2.57. The number of hydrogen-bond donors (Lipinski definition) is 1. The van der Waals surface area contributed by atoms with Crippen LogP contribution in [0.4, 0.5) is 0 Å². The fourth-order valence-electron chi connectivity index (χ4n) is 2.04. The van der Waals surface area contributed by atoms with Gasteiger partial charge in [-0.25, -0.2) is 0 Å². The normalized spacial score (nSPS) is 19.6. The monoisotopic (exact) mass is 244 g/mol. The molecule has 0 bridgehead atoms. The molecule has 0 unspecified atom stereocenters. The van der Waals surface area contributed by atoms with Crippen molar-refractivity contribution < 1.29 is 0 Å². The molecule has 0 aliphatic carbocycles. The second-order valence-corrected chi connectivity index (χ2v) is 5.96. The number of nitrogens with zero attached hydrogens (tertiary/aromatic N) is 1. The van der Waals surface area contributed by atoms with Gasteiger partial charge in [-0.2, -0.15) is 0 Å². The first-order valence-corrected chi connectivity index (χ1v) is 6.64. The molecule has 1 fully saturated rings. The summed E-state index contributed by atoms with van der Waals surface area (Å²) in [5.41, 5.74) is 5.67. The van der Waals surface area contributed by atoms with Gasteiger partial charge >= 0.3 is 0 Å². The molecule has 1 aromatic heterocycles. The molecule has 0 amide bonds. The number of likely N-dealkylation sites (tertiary alicyclic amines) is 1. The maximum Gasteiger partial charge on any atom is 0.0931 e. The van der Waals surface area contributed by atoms with Crippen LogP contribution in [0.1, 0.15) is 17.7 Å². The van der Waals surface area contributed by atoms with Crippen molar-refractivity contribution in [3.63, 3.8) is 0 Å². The molecule has 1 aliphatic heterocycles. The summed E-state index contributed by atoms with van der Waals surface area (Å²) in [4.78, 5) is 3.86. The summed E-state index contributed by atoms with van der Waals surface area (Å²) in [6.45, 7) is 4.25. The maximum absolute atomic E-state index is 5.91. The molecular formula is C11H17ClN2S. The van der Waals surface area contributed by atoms with Crippen LogP contribution in [-0.4, -0.2) is 24.5 Å². The van der Waals surface area contributed by atoms with Crippen molar-refractivity contribution in [2.45, 2.75) is 19.4 Å². The second-order valence-electron chi connectivity index (χ2n) is 4.16. The fraction of sp³-hybridized carbons (Fsp3) is 0.636. The van der Waals surface area contributed by atoms with Crippen molar-refractivity contribution in [2.24, 2.45) is 11.7 Å². The summed E-state index contributed by atoms with van der Waals surface area (Å²) < 4.78 is 0.891. The van der Waals surface area contributed by atoms with Gasteiger partial charge in [0.05, 0.1) is 4.34 Å². The molecule has 2 rings (SSSR count). The maximum atomic E-state index is 5.91. The summed E-state index contributed by atoms with van der Waals surface area (Å²) in [5, 5.41) is 0. The summed E-state index contributed by atoms with van der Waals surface area (Å²) in [5.74, 6) is 0.744. The standard InChI is InChI=1S/C11H17ClN2S/c12-11-2-1-10(15-11)8-14-5-3-9(7-13)4-6-14/h1-2,9H,3-8,13H2. The summed E-state index contributed by atoms with van der Waals surface area (Å²) in [6, 6.07) is 4.11. The van der Waals surface area contributed by atoms with Crippen molar-refractivity contribution in [3.8, 4) is 0 Å².